The van der Waals surface area contributed by atoms with Crippen molar-refractivity contribution in [3.63, 3.8) is 0 Å². The van der Waals surface area contributed by atoms with Crippen molar-refractivity contribution in [3.05, 3.63) is 53.7 Å². The number of para-hydroxylation sites is 2. The number of aryl methyl sites for hydroxylation is 1. The second-order valence-corrected chi connectivity index (χ2v) is 4.53. The van der Waals surface area contributed by atoms with Crippen LogP contribution < -0.4 is 5.73 Å². The van der Waals surface area contributed by atoms with Gasteiger partial charge in [0.05, 0.1) is 24.1 Å². The predicted molar refractivity (Wildman–Crippen MR) is 74.8 cm³/mol. The third-order valence-corrected chi connectivity index (χ3v) is 3.28. The maximum atomic E-state index is 5.68. The molecular formula is C15H17N3O. The highest BCUT2D eigenvalue weighted by atomic mass is 16.3. The highest BCUT2D eigenvalue weighted by Crippen LogP contribution is 2.19. The van der Waals surface area contributed by atoms with Crippen molar-refractivity contribution in [2.75, 3.05) is 0 Å². The summed E-state index contributed by atoms with van der Waals surface area (Å²) in [5.41, 5.74) is 7.75. The Hall–Kier alpha value is -2.07. The number of rotatable bonds is 4. The van der Waals surface area contributed by atoms with Gasteiger partial charge in [-0.3, -0.25) is 0 Å². The molecular weight excluding hydrogens is 238 g/mol. The van der Waals surface area contributed by atoms with Crippen LogP contribution in [0.3, 0.4) is 0 Å². The highest BCUT2D eigenvalue weighted by molar-refractivity contribution is 5.76. The van der Waals surface area contributed by atoms with Crippen LogP contribution in [0.15, 0.2) is 40.8 Å². The number of nitrogens with two attached hydrogens (primary N) is 1. The zero-order chi connectivity index (χ0) is 13.2. The van der Waals surface area contributed by atoms with Crippen molar-refractivity contribution >= 4 is 11.0 Å². The molecule has 4 heteroatoms. The Morgan fingerprint density at radius 1 is 1.16 bits per heavy atom. The molecule has 0 radical (unpaired) electrons. The maximum absolute atomic E-state index is 5.68. The van der Waals surface area contributed by atoms with E-state index in [1.807, 2.05) is 30.3 Å². The largest absolute Gasteiger partial charge is 0.463 e. The van der Waals surface area contributed by atoms with E-state index in [4.69, 9.17) is 10.2 Å². The predicted octanol–water partition coefficient (Wildman–Crippen LogP) is 2.70. The van der Waals surface area contributed by atoms with E-state index in [1.165, 1.54) is 0 Å². The zero-order valence-electron chi connectivity index (χ0n) is 11.0. The molecule has 2 aromatic heterocycles. The lowest BCUT2D eigenvalue weighted by atomic mass is 10.3. The molecule has 0 spiro atoms. The Balaban J connectivity index is 2.03. The second-order valence-electron chi connectivity index (χ2n) is 4.53. The number of imidazole rings is 1. The Morgan fingerprint density at radius 3 is 2.68 bits per heavy atom. The van der Waals surface area contributed by atoms with E-state index in [0.29, 0.717) is 13.1 Å². The quantitative estimate of drug-likeness (QED) is 0.779. The summed E-state index contributed by atoms with van der Waals surface area (Å²) in [6, 6.07) is 12.1. The van der Waals surface area contributed by atoms with Gasteiger partial charge in [-0.15, -0.1) is 0 Å². The minimum atomic E-state index is 0.436. The molecule has 19 heavy (non-hydrogen) atoms. The number of furan rings is 1. The normalized spacial score (nSPS) is 11.3. The Labute approximate surface area is 111 Å². The van der Waals surface area contributed by atoms with Crippen LogP contribution in [0, 0.1) is 0 Å². The van der Waals surface area contributed by atoms with Crippen LogP contribution in [0.25, 0.3) is 11.0 Å². The molecule has 3 rings (SSSR count). The molecule has 98 valence electrons. The molecule has 2 heterocycles. The van der Waals surface area contributed by atoms with E-state index < -0.39 is 0 Å². The van der Waals surface area contributed by atoms with Crippen molar-refractivity contribution < 1.29 is 4.42 Å². The molecule has 0 fully saturated rings. The van der Waals surface area contributed by atoms with Gasteiger partial charge in [-0.1, -0.05) is 19.1 Å². The van der Waals surface area contributed by atoms with Gasteiger partial charge in [-0.2, -0.15) is 0 Å². The van der Waals surface area contributed by atoms with Crippen LogP contribution in [0.4, 0.5) is 0 Å². The Bertz CT molecular complexity index is 696. The minimum absolute atomic E-state index is 0.436. The minimum Gasteiger partial charge on any atom is -0.463 e. The van der Waals surface area contributed by atoms with Gasteiger partial charge in [-0.05, 0) is 24.3 Å². The Kier molecular flexibility index (Phi) is 3.09. The summed E-state index contributed by atoms with van der Waals surface area (Å²) in [5.74, 6) is 2.81. The molecule has 0 amide bonds. The first-order chi connectivity index (χ1) is 9.31. The lowest BCUT2D eigenvalue weighted by Crippen LogP contribution is -2.03. The summed E-state index contributed by atoms with van der Waals surface area (Å²) in [7, 11) is 0. The average Bonchev–Trinajstić information content (AvgIpc) is 3.04. The number of hydrogen-bond donors (Lipinski definition) is 1. The third kappa shape index (κ3) is 2.15. The van der Waals surface area contributed by atoms with Gasteiger partial charge in [0.1, 0.15) is 17.3 Å². The van der Waals surface area contributed by atoms with E-state index >= 15 is 0 Å². The smallest absolute Gasteiger partial charge is 0.124 e. The summed E-state index contributed by atoms with van der Waals surface area (Å²) in [5, 5.41) is 0. The molecule has 0 aliphatic heterocycles. The number of hydrogen-bond acceptors (Lipinski definition) is 3. The lowest BCUT2D eigenvalue weighted by molar-refractivity contribution is 0.454. The van der Waals surface area contributed by atoms with Crippen molar-refractivity contribution in [1.82, 2.24) is 9.55 Å². The number of benzene rings is 1. The van der Waals surface area contributed by atoms with Gasteiger partial charge in [0.2, 0.25) is 0 Å². The first-order valence-electron chi connectivity index (χ1n) is 6.53. The molecule has 0 bridgehead atoms. The van der Waals surface area contributed by atoms with Crippen LogP contribution >= 0.6 is 0 Å². The van der Waals surface area contributed by atoms with Crippen LogP contribution in [0.2, 0.25) is 0 Å². The summed E-state index contributed by atoms with van der Waals surface area (Å²) in [6.45, 7) is 3.25. The fourth-order valence-corrected chi connectivity index (χ4v) is 2.34. The lowest BCUT2D eigenvalue weighted by Gasteiger charge is -2.05. The summed E-state index contributed by atoms with van der Waals surface area (Å²) < 4.78 is 7.88. The molecule has 0 saturated carbocycles. The van der Waals surface area contributed by atoms with Crippen LogP contribution in [-0.4, -0.2) is 9.55 Å². The van der Waals surface area contributed by atoms with E-state index in [-0.39, 0.29) is 0 Å². The molecule has 0 saturated heterocycles. The van der Waals surface area contributed by atoms with Gasteiger partial charge in [0, 0.05) is 6.42 Å². The molecule has 2 N–H and O–H groups in total. The topological polar surface area (TPSA) is 57.0 Å². The monoisotopic (exact) mass is 255 g/mol. The zero-order valence-corrected chi connectivity index (χ0v) is 11.0. The van der Waals surface area contributed by atoms with Gasteiger partial charge in [0.15, 0.2) is 0 Å². The number of nitrogens with zero attached hydrogens (tertiary/aromatic N) is 2. The van der Waals surface area contributed by atoms with Crippen molar-refractivity contribution in [2.45, 2.75) is 26.4 Å². The highest BCUT2D eigenvalue weighted by Gasteiger charge is 2.10. The second kappa shape index (κ2) is 4.90. The third-order valence-electron chi connectivity index (χ3n) is 3.28. The fourth-order valence-electron chi connectivity index (χ4n) is 2.34. The van der Waals surface area contributed by atoms with Crippen LogP contribution in [0.1, 0.15) is 24.3 Å². The van der Waals surface area contributed by atoms with E-state index in [9.17, 15) is 0 Å². The molecule has 4 nitrogen and oxygen atoms in total. The van der Waals surface area contributed by atoms with Crippen LogP contribution in [-0.2, 0) is 19.5 Å². The SMILES string of the molecule is CCc1nc2ccccc2n1Cc1ccc(CN)o1. The van der Waals surface area contributed by atoms with Gasteiger partial charge in [-0.25, -0.2) is 4.98 Å². The van der Waals surface area contributed by atoms with E-state index in [1.54, 1.807) is 0 Å². The van der Waals surface area contributed by atoms with E-state index in [2.05, 4.69) is 22.5 Å². The standard InChI is InChI=1S/C15H17N3O/c1-2-15-17-13-5-3-4-6-14(13)18(15)10-12-8-7-11(9-16)19-12/h3-8H,2,9-10,16H2,1H3. The molecule has 0 aliphatic rings. The Morgan fingerprint density at radius 2 is 1.95 bits per heavy atom. The molecule has 0 aliphatic carbocycles. The summed E-state index contributed by atoms with van der Waals surface area (Å²) in [6.07, 6.45) is 0.902. The fraction of sp³-hybridized carbons (Fsp3) is 0.267. The number of fused-ring (bicyclic) bond motifs is 1. The molecule has 0 unspecified atom stereocenters. The van der Waals surface area contributed by atoms with Gasteiger partial charge in [0.25, 0.3) is 0 Å². The maximum Gasteiger partial charge on any atom is 0.124 e. The van der Waals surface area contributed by atoms with Crippen molar-refractivity contribution in [1.29, 1.82) is 0 Å². The van der Waals surface area contributed by atoms with E-state index in [0.717, 1.165) is 34.8 Å². The van der Waals surface area contributed by atoms with Gasteiger partial charge < -0.3 is 14.7 Å². The number of aromatic nitrogens is 2. The molecule has 1 aromatic carbocycles. The molecule has 3 aromatic rings. The van der Waals surface area contributed by atoms with Crippen molar-refractivity contribution in [3.8, 4) is 0 Å². The summed E-state index contributed by atoms with van der Waals surface area (Å²) in [4.78, 5) is 4.65. The molecule has 0 atom stereocenters. The van der Waals surface area contributed by atoms with Crippen molar-refractivity contribution in [2.24, 2.45) is 5.73 Å². The van der Waals surface area contributed by atoms with Gasteiger partial charge >= 0.3 is 0 Å². The first kappa shape index (κ1) is 12.0. The summed E-state index contributed by atoms with van der Waals surface area (Å²) >= 11 is 0. The van der Waals surface area contributed by atoms with Crippen LogP contribution in [0.5, 0.6) is 0 Å². The average molecular weight is 255 g/mol. The first-order valence-corrected chi connectivity index (χ1v) is 6.53.